The number of hydrogen-bond acceptors (Lipinski definition) is 4. The molecular weight excluding hydrogens is 266 g/mol. The Morgan fingerprint density at radius 2 is 2.10 bits per heavy atom. The van der Waals surface area contributed by atoms with Gasteiger partial charge in [0.15, 0.2) is 0 Å². The van der Waals surface area contributed by atoms with Gasteiger partial charge in [0, 0.05) is 13.0 Å². The maximum atomic E-state index is 9.26. The predicted molar refractivity (Wildman–Crippen MR) is 82.4 cm³/mol. The van der Waals surface area contributed by atoms with Crippen molar-refractivity contribution in [1.29, 1.82) is 0 Å². The van der Waals surface area contributed by atoms with Crippen LogP contribution in [0.2, 0.25) is 0 Å². The van der Waals surface area contributed by atoms with Gasteiger partial charge in [0.25, 0.3) is 0 Å². The van der Waals surface area contributed by atoms with Crippen LogP contribution in [0, 0.1) is 0 Å². The maximum absolute atomic E-state index is 9.26. The zero-order chi connectivity index (χ0) is 14.5. The number of piperidine rings is 1. The minimum absolute atomic E-state index is 0.127. The van der Waals surface area contributed by atoms with Gasteiger partial charge in [-0.1, -0.05) is 12.1 Å². The standard InChI is InChI=1S/C16H23N3O2/c20-11-10-19-15-4-2-1-3-14(15)18-16(19)7-12-21-13-5-8-17-9-6-13/h1-4,13,17,20H,5-12H2. The van der Waals surface area contributed by atoms with E-state index >= 15 is 0 Å². The molecule has 2 aromatic rings. The molecule has 0 saturated carbocycles. The largest absolute Gasteiger partial charge is 0.395 e. The first-order valence-corrected chi connectivity index (χ1v) is 7.76. The van der Waals surface area contributed by atoms with Gasteiger partial charge in [-0.15, -0.1) is 0 Å². The topological polar surface area (TPSA) is 59.3 Å². The summed E-state index contributed by atoms with van der Waals surface area (Å²) in [5.41, 5.74) is 2.08. The third-order valence-corrected chi connectivity index (χ3v) is 4.02. The second-order valence-corrected chi connectivity index (χ2v) is 5.46. The monoisotopic (exact) mass is 289 g/mol. The van der Waals surface area contributed by atoms with Crippen molar-refractivity contribution in [3.05, 3.63) is 30.1 Å². The summed E-state index contributed by atoms with van der Waals surface area (Å²) in [7, 11) is 0. The highest BCUT2D eigenvalue weighted by atomic mass is 16.5. The fourth-order valence-electron chi connectivity index (χ4n) is 2.94. The molecule has 1 aromatic heterocycles. The number of aliphatic hydroxyl groups excluding tert-OH is 1. The van der Waals surface area contributed by atoms with Gasteiger partial charge in [0.2, 0.25) is 0 Å². The lowest BCUT2D eigenvalue weighted by molar-refractivity contribution is 0.0339. The third-order valence-electron chi connectivity index (χ3n) is 4.02. The van der Waals surface area contributed by atoms with Crippen LogP contribution >= 0.6 is 0 Å². The van der Waals surface area contributed by atoms with E-state index in [9.17, 15) is 5.11 Å². The molecule has 1 aliphatic rings. The molecule has 1 aromatic carbocycles. The molecule has 21 heavy (non-hydrogen) atoms. The van der Waals surface area contributed by atoms with E-state index in [1.807, 2.05) is 18.2 Å². The molecule has 1 aliphatic heterocycles. The van der Waals surface area contributed by atoms with Crippen molar-refractivity contribution in [2.75, 3.05) is 26.3 Å². The molecule has 114 valence electrons. The van der Waals surface area contributed by atoms with Gasteiger partial charge in [-0.2, -0.15) is 0 Å². The van der Waals surface area contributed by atoms with Gasteiger partial charge in [-0.05, 0) is 38.1 Å². The van der Waals surface area contributed by atoms with E-state index in [1.54, 1.807) is 0 Å². The maximum Gasteiger partial charge on any atom is 0.112 e. The molecule has 0 radical (unpaired) electrons. The van der Waals surface area contributed by atoms with Crippen LogP contribution in [-0.2, 0) is 17.7 Å². The fourth-order valence-corrected chi connectivity index (χ4v) is 2.94. The Morgan fingerprint density at radius 1 is 1.29 bits per heavy atom. The Balaban J connectivity index is 1.66. The summed E-state index contributed by atoms with van der Waals surface area (Å²) in [5.74, 6) is 0.999. The van der Waals surface area contributed by atoms with Crippen LogP contribution in [0.1, 0.15) is 18.7 Å². The lowest BCUT2D eigenvalue weighted by Crippen LogP contribution is -2.32. The second-order valence-electron chi connectivity index (χ2n) is 5.46. The summed E-state index contributed by atoms with van der Waals surface area (Å²) in [6, 6.07) is 8.07. The van der Waals surface area contributed by atoms with Gasteiger partial charge in [-0.25, -0.2) is 4.98 Å². The minimum Gasteiger partial charge on any atom is -0.395 e. The molecule has 5 heteroatoms. The first-order chi connectivity index (χ1) is 10.4. The first-order valence-electron chi connectivity index (χ1n) is 7.76. The number of benzene rings is 1. The number of hydrogen-bond donors (Lipinski definition) is 2. The molecule has 2 heterocycles. The van der Waals surface area contributed by atoms with Crippen molar-refractivity contribution in [3.8, 4) is 0 Å². The van der Waals surface area contributed by atoms with Crippen molar-refractivity contribution in [3.63, 3.8) is 0 Å². The van der Waals surface area contributed by atoms with Crippen molar-refractivity contribution >= 4 is 11.0 Å². The molecule has 0 bridgehead atoms. The molecule has 1 fully saturated rings. The molecular formula is C16H23N3O2. The normalized spacial score (nSPS) is 16.6. The molecule has 1 saturated heterocycles. The number of nitrogens with one attached hydrogen (secondary N) is 1. The van der Waals surface area contributed by atoms with Crippen molar-refractivity contribution in [2.45, 2.75) is 31.9 Å². The first kappa shape index (κ1) is 14.5. The Bertz CT molecular complexity index is 576. The average molecular weight is 289 g/mol. The molecule has 0 aliphatic carbocycles. The summed E-state index contributed by atoms with van der Waals surface area (Å²) in [4.78, 5) is 4.67. The van der Waals surface area contributed by atoms with Crippen molar-refractivity contribution < 1.29 is 9.84 Å². The van der Waals surface area contributed by atoms with Crippen LogP contribution in [-0.4, -0.2) is 47.1 Å². The second kappa shape index (κ2) is 7.02. The van der Waals surface area contributed by atoms with E-state index in [-0.39, 0.29) is 6.61 Å². The third kappa shape index (κ3) is 3.43. The molecule has 5 nitrogen and oxygen atoms in total. The molecule has 0 atom stereocenters. The summed E-state index contributed by atoms with van der Waals surface area (Å²) in [6.45, 7) is 3.51. The fraction of sp³-hybridized carbons (Fsp3) is 0.562. The van der Waals surface area contributed by atoms with Crippen LogP contribution < -0.4 is 5.32 Å². The van der Waals surface area contributed by atoms with Gasteiger partial charge in [0.1, 0.15) is 5.82 Å². The van der Waals surface area contributed by atoms with Crippen LogP contribution in [0.4, 0.5) is 0 Å². The smallest absolute Gasteiger partial charge is 0.112 e. The van der Waals surface area contributed by atoms with Gasteiger partial charge in [0.05, 0.1) is 30.4 Å². The Morgan fingerprint density at radius 3 is 2.90 bits per heavy atom. The highest BCUT2D eigenvalue weighted by Gasteiger charge is 2.14. The predicted octanol–water partition coefficient (Wildman–Crippen LogP) is 1.34. The van der Waals surface area contributed by atoms with Crippen LogP contribution in [0.3, 0.4) is 0 Å². The highest BCUT2D eigenvalue weighted by Crippen LogP contribution is 2.17. The quantitative estimate of drug-likeness (QED) is 0.842. The van der Waals surface area contributed by atoms with Crippen LogP contribution in [0.25, 0.3) is 11.0 Å². The zero-order valence-electron chi connectivity index (χ0n) is 12.3. The number of para-hydroxylation sites is 2. The van der Waals surface area contributed by atoms with Crippen molar-refractivity contribution in [2.24, 2.45) is 0 Å². The zero-order valence-corrected chi connectivity index (χ0v) is 12.3. The minimum atomic E-state index is 0.127. The SMILES string of the molecule is OCCn1c(CCOC2CCNCC2)nc2ccccc21. The van der Waals surface area contributed by atoms with E-state index in [4.69, 9.17) is 4.74 Å². The lowest BCUT2D eigenvalue weighted by Gasteiger charge is -2.22. The van der Waals surface area contributed by atoms with E-state index in [0.29, 0.717) is 19.3 Å². The molecule has 0 amide bonds. The molecule has 2 N–H and O–H groups in total. The van der Waals surface area contributed by atoms with Gasteiger partial charge >= 0.3 is 0 Å². The van der Waals surface area contributed by atoms with E-state index in [1.165, 1.54) is 0 Å². The Labute approximate surface area is 124 Å². The lowest BCUT2D eigenvalue weighted by atomic mass is 10.1. The molecule has 3 rings (SSSR count). The van der Waals surface area contributed by atoms with E-state index < -0.39 is 0 Å². The van der Waals surface area contributed by atoms with Gasteiger partial charge in [-0.3, -0.25) is 0 Å². The summed E-state index contributed by atoms with van der Waals surface area (Å²) in [5, 5.41) is 12.6. The number of nitrogens with zero attached hydrogens (tertiary/aromatic N) is 2. The number of rotatable bonds is 6. The summed E-state index contributed by atoms with van der Waals surface area (Å²) in [6.07, 6.45) is 3.35. The molecule has 0 spiro atoms. The number of aliphatic hydroxyl groups is 1. The van der Waals surface area contributed by atoms with Gasteiger partial charge < -0.3 is 19.7 Å². The summed E-state index contributed by atoms with van der Waals surface area (Å²) >= 11 is 0. The summed E-state index contributed by atoms with van der Waals surface area (Å²) < 4.78 is 8.06. The number of ether oxygens (including phenoxy) is 1. The van der Waals surface area contributed by atoms with Crippen LogP contribution in [0.5, 0.6) is 0 Å². The number of aromatic nitrogens is 2. The number of fused-ring (bicyclic) bond motifs is 1. The molecule has 0 unspecified atom stereocenters. The van der Waals surface area contributed by atoms with E-state index in [2.05, 4.69) is 20.9 Å². The Kier molecular flexibility index (Phi) is 4.85. The van der Waals surface area contributed by atoms with Crippen LogP contribution in [0.15, 0.2) is 24.3 Å². The van der Waals surface area contributed by atoms with Crippen molar-refractivity contribution in [1.82, 2.24) is 14.9 Å². The van der Waals surface area contributed by atoms with E-state index in [0.717, 1.165) is 49.2 Å². The number of imidazole rings is 1. The highest BCUT2D eigenvalue weighted by molar-refractivity contribution is 5.75. The average Bonchev–Trinajstić information content (AvgIpc) is 2.87. The Hall–Kier alpha value is -1.43.